The van der Waals surface area contributed by atoms with Crippen LogP contribution in [-0.2, 0) is 16.1 Å². The molecule has 3 N–H and O–H groups in total. The van der Waals surface area contributed by atoms with Crippen molar-refractivity contribution in [3.05, 3.63) is 75.1 Å². The van der Waals surface area contributed by atoms with Crippen molar-refractivity contribution in [3.8, 4) is 5.75 Å². The van der Waals surface area contributed by atoms with Gasteiger partial charge in [-0.1, -0.05) is 38.1 Å². The van der Waals surface area contributed by atoms with Gasteiger partial charge < -0.3 is 25.2 Å². The first-order chi connectivity index (χ1) is 17.2. The molecule has 1 aliphatic rings. The molecule has 0 saturated carbocycles. The number of benzene rings is 2. The van der Waals surface area contributed by atoms with Crippen LogP contribution in [0, 0.1) is 15.3 Å². The van der Waals surface area contributed by atoms with Gasteiger partial charge in [0.25, 0.3) is 0 Å². The summed E-state index contributed by atoms with van der Waals surface area (Å²) >= 11 is 2.13. The summed E-state index contributed by atoms with van der Waals surface area (Å²) < 4.78 is 20.5. The molecule has 0 heterocycles. The molecule has 3 unspecified atom stereocenters. The highest BCUT2D eigenvalue weighted by Gasteiger charge is 2.40. The van der Waals surface area contributed by atoms with Gasteiger partial charge in [0.1, 0.15) is 23.8 Å². The number of aliphatic hydroxyl groups is 2. The molecule has 3 atom stereocenters. The molecule has 7 nitrogen and oxygen atoms in total. The fourth-order valence-corrected chi connectivity index (χ4v) is 4.62. The van der Waals surface area contributed by atoms with Gasteiger partial charge in [-0.2, -0.15) is 0 Å². The predicted octanol–water partition coefficient (Wildman–Crippen LogP) is 3.42. The lowest BCUT2D eigenvalue weighted by Crippen LogP contribution is -2.55. The molecular formula is C27H32FIN2O5. The number of carbonyl (C=O) groups is 2. The lowest BCUT2D eigenvalue weighted by atomic mass is 9.87. The summed E-state index contributed by atoms with van der Waals surface area (Å²) in [6.45, 7) is 3.88. The molecular weight excluding hydrogens is 578 g/mol. The summed E-state index contributed by atoms with van der Waals surface area (Å²) in [6.07, 6.45) is -0.0682. The van der Waals surface area contributed by atoms with E-state index in [9.17, 15) is 19.1 Å². The fraction of sp³-hybridized carbons (Fsp3) is 0.407. The Hall–Kier alpha value is -2.50. The van der Waals surface area contributed by atoms with E-state index >= 15 is 0 Å². The molecule has 2 aromatic carbocycles. The van der Waals surface area contributed by atoms with E-state index in [0.717, 1.165) is 3.57 Å². The molecule has 0 radical (unpaired) electrons. The molecule has 0 spiro atoms. The number of nitrogens with zero attached hydrogens (tertiary/aromatic N) is 1. The number of hydrogen-bond donors (Lipinski definition) is 3. The van der Waals surface area contributed by atoms with Gasteiger partial charge in [0, 0.05) is 31.5 Å². The summed E-state index contributed by atoms with van der Waals surface area (Å²) in [5, 5.41) is 23.2. The standard InChI is InChI=1S/C27H32FIN2O5/c1-17(2)13-25(33)31(16-18-7-9-20(28)10-8-18)22-14-19(27(35)30-11-12-32)15-24(26(22)34)36-23-6-4-3-5-21(23)29/h3-10,15,17,22,24,26,32,34H,11-14,16H2,1-2H3,(H,30,35). The first-order valence-corrected chi connectivity index (χ1v) is 13.0. The van der Waals surface area contributed by atoms with Crippen LogP contribution in [0.1, 0.15) is 32.3 Å². The van der Waals surface area contributed by atoms with E-state index in [1.165, 1.54) is 12.1 Å². The maximum atomic E-state index is 13.5. The van der Waals surface area contributed by atoms with Crippen molar-refractivity contribution < 1.29 is 28.9 Å². The Morgan fingerprint density at radius 1 is 1.19 bits per heavy atom. The molecule has 36 heavy (non-hydrogen) atoms. The maximum Gasteiger partial charge on any atom is 0.247 e. The molecule has 0 aromatic heterocycles. The van der Waals surface area contributed by atoms with Crippen molar-refractivity contribution in [2.45, 2.75) is 51.5 Å². The summed E-state index contributed by atoms with van der Waals surface area (Å²) in [6, 6.07) is 12.4. The van der Waals surface area contributed by atoms with Gasteiger partial charge in [-0.05, 0) is 64.4 Å². The van der Waals surface area contributed by atoms with Crippen molar-refractivity contribution in [1.82, 2.24) is 10.2 Å². The predicted molar refractivity (Wildman–Crippen MR) is 143 cm³/mol. The normalized spacial score (nSPS) is 19.5. The fourth-order valence-electron chi connectivity index (χ4n) is 4.11. The Bertz CT molecular complexity index is 1080. The molecule has 2 amide bonds. The number of halogens is 2. The third-order valence-corrected chi connectivity index (χ3v) is 6.77. The van der Waals surface area contributed by atoms with Crippen molar-refractivity contribution in [2.24, 2.45) is 5.92 Å². The molecule has 9 heteroatoms. The minimum atomic E-state index is -1.12. The quantitative estimate of drug-likeness (QED) is 0.359. The van der Waals surface area contributed by atoms with Gasteiger partial charge in [0.05, 0.1) is 16.2 Å². The minimum Gasteiger partial charge on any atom is -0.482 e. The van der Waals surface area contributed by atoms with E-state index < -0.39 is 24.2 Å². The third-order valence-electron chi connectivity index (χ3n) is 5.88. The Labute approximate surface area is 224 Å². The van der Waals surface area contributed by atoms with Crippen molar-refractivity contribution in [2.75, 3.05) is 13.2 Å². The zero-order valence-electron chi connectivity index (χ0n) is 20.4. The van der Waals surface area contributed by atoms with Gasteiger partial charge in [-0.3, -0.25) is 9.59 Å². The lowest BCUT2D eigenvalue weighted by molar-refractivity contribution is -0.140. The van der Waals surface area contributed by atoms with E-state index in [1.54, 1.807) is 29.2 Å². The second kappa shape index (κ2) is 13.2. The SMILES string of the molecule is CC(C)CC(=O)N(Cc1ccc(F)cc1)C1CC(C(=O)NCCO)=CC(Oc2ccccc2I)C1O. The average molecular weight is 610 g/mol. The Kier molecular flexibility index (Phi) is 10.3. The zero-order chi connectivity index (χ0) is 26.2. The van der Waals surface area contributed by atoms with Crippen molar-refractivity contribution in [1.29, 1.82) is 0 Å². The van der Waals surface area contributed by atoms with Crippen LogP contribution < -0.4 is 10.1 Å². The van der Waals surface area contributed by atoms with Crippen LogP contribution >= 0.6 is 22.6 Å². The Morgan fingerprint density at radius 2 is 1.89 bits per heavy atom. The summed E-state index contributed by atoms with van der Waals surface area (Å²) in [7, 11) is 0. The Balaban J connectivity index is 1.97. The number of ether oxygens (including phenoxy) is 1. The van der Waals surface area contributed by atoms with Crippen LogP contribution in [0.5, 0.6) is 5.75 Å². The third kappa shape index (κ3) is 7.50. The first kappa shape index (κ1) is 28.1. The number of amides is 2. The molecule has 1 aliphatic carbocycles. The molecule has 2 aromatic rings. The second-order valence-electron chi connectivity index (χ2n) is 9.19. The van der Waals surface area contributed by atoms with E-state index in [0.29, 0.717) is 16.9 Å². The highest BCUT2D eigenvalue weighted by atomic mass is 127. The molecule has 0 bridgehead atoms. The highest BCUT2D eigenvalue weighted by molar-refractivity contribution is 14.1. The first-order valence-electron chi connectivity index (χ1n) is 11.9. The van der Waals surface area contributed by atoms with Gasteiger partial charge in [-0.25, -0.2) is 4.39 Å². The number of nitrogens with one attached hydrogen (secondary N) is 1. The van der Waals surface area contributed by atoms with Crippen LogP contribution in [0.4, 0.5) is 4.39 Å². The summed E-state index contributed by atoms with van der Waals surface area (Å²) in [5.74, 6) is -0.325. The number of aliphatic hydroxyl groups excluding tert-OH is 2. The largest absolute Gasteiger partial charge is 0.482 e. The zero-order valence-corrected chi connectivity index (χ0v) is 22.5. The van der Waals surface area contributed by atoms with Gasteiger partial charge in [-0.15, -0.1) is 0 Å². The van der Waals surface area contributed by atoms with Crippen LogP contribution in [0.3, 0.4) is 0 Å². The molecule has 0 fully saturated rings. The monoisotopic (exact) mass is 610 g/mol. The van der Waals surface area contributed by atoms with Crippen molar-refractivity contribution >= 4 is 34.4 Å². The summed E-state index contributed by atoms with van der Waals surface area (Å²) in [5.41, 5.74) is 1.06. The summed E-state index contributed by atoms with van der Waals surface area (Å²) in [4.78, 5) is 27.8. The van der Waals surface area contributed by atoms with Gasteiger partial charge >= 0.3 is 0 Å². The number of carbonyl (C=O) groups excluding carboxylic acids is 2. The van der Waals surface area contributed by atoms with E-state index in [4.69, 9.17) is 9.84 Å². The second-order valence-corrected chi connectivity index (χ2v) is 10.4. The molecule has 3 rings (SSSR count). The van der Waals surface area contributed by atoms with Crippen LogP contribution in [0.25, 0.3) is 0 Å². The van der Waals surface area contributed by atoms with Crippen LogP contribution in [-0.4, -0.2) is 58.3 Å². The molecule has 0 saturated heterocycles. The lowest BCUT2D eigenvalue weighted by Gasteiger charge is -2.41. The van der Waals surface area contributed by atoms with Crippen LogP contribution in [0.2, 0.25) is 0 Å². The number of hydrogen-bond acceptors (Lipinski definition) is 5. The topological polar surface area (TPSA) is 99.1 Å². The van der Waals surface area contributed by atoms with Gasteiger partial charge in [0.15, 0.2) is 0 Å². The number of para-hydroxylation sites is 1. The molecule has 0 aliphatic heterocycles. The Morgan fingerprint density at radius 3 is 2.53 bits per heavy atom. The average Bonchev–Trinajstić information content (AvgIpc) is 2.84. The van der Waals surface area contributed by atoms with E-state index in [1.807, 2.05) is 32.0 Å². The minimum absolute atomic E-state index is 0.0785. The smallest absolute Gasteiger partial charge is 0.247 e. The maximum absolute atomic E-state index is 13.5. The molecule has 194 valence electrons. The van der Waals surface area contributed by atoms with E-state index in [2.05, 4.69) is 27.9 Å². The van der Waals surface area contributed by atoms with Gasteiger partial charge in [0.2, 0.25) is 11.8 Å². The van der Waals surface area contributed by atoms with Crippen molar-refractivity contribution in [3.63, 3.8) is 0 Å². The van der Waals surface area contributed by atoms with E-state index in [-0.39, 0.29) is 50.2 Å². The number of rotatable bonds is 10. The van der Waals surface area contributed by atoms with Crippen LogP contribution in [0.15, 0.2) is 60.2 Å². The highest BCUT2D eigenvalue weighted by Crippen LogP contribution is 2.31.